The molecule has 0 aliphatic carbocycles. The Labute approximate surface area is 135 Å². The van der Waals surface area contributed by atoms with Gasteiger partial charge in [0, 0.05) is 31.1 Å². The Kier molecular flexibility index (Phi) is 5.02. The van der Waals surface area contributed by atoms with Crippen LogP contribution < -0.4 is 5.32 Å². The lowest BCUT2D eigenvalue weighted by molar-refractivity contribution is 0.0905. The van der Waals surface area contributed by atoms with E-state index in [2.05, 4.69) is 20.4 Å². The highest BCUT2D eigenvalue weighted by molar-refractivity contribution is 5.94. The van der Waals surface area contributed by atoms with Gasteiger partial charge in [0.2, 0.25) is 11.8 Å². The molecule has 23 heavy (non-hydrogen) atoms. The van der Waals surface area contributed by atoms with Crippen molar-refractivity contribution in [1.82, 2.24) is 20.4 Å². The first-order valence-electron chi connectivity index (χ1n) is 8.14. The van der Waals surface area contributed by atoms with Gasteiger partial charge in [-0.2, -0.15) is 0 Å². The first-order valence-corrected chi connectivity index (χ1v) is 8.14. The van der Waals surface area contributed by atoms with Gasteiger partial charge in [0.15, 0.2) is 0 Å². The molecule has 6 heteroatoms. The summed E-state index contributed by atoms with van der Waals surface area (Å²) in [4.78, 5) is 14.5. The van der Waals surface area contributed by atoms with E-state index in [0.29, 0.717) is 23.9 Å². The smallest absolute Gasteiger partial charge is 0.251 e. The van der Waals surface area contributed by atoms with Crippen molar-refractivity contribution in [3.63, 3.8) is 0 Å². The van der Waals surface area contributed by atoms with Crippen LogP contribution in [0, 0.1) is 0 Å². The third-order valence-corrected chi connectivity index (χ3v) is 4.13. The van der Waals surface area contributed by atoms with Gasteiger partial charge >= 0.3 is 0 Å². The quantitative estimate of drug-likeness (QED) is 0.914. The summed E-state index contributed by atoms with van der Waals surface area (Å²) in [6, 6.07) is 9.58. The summed E-state index contributed by atoms with van der Waals surface area (Å²) >= 11 is 0. The summed E-state index contributed by atoms with van der Waals surface area (Å²) in [5.41, 5.74) is 0.716. The molecule has 1 amide bonds. The van der Waals surface area contributed by atoms with Crippen LogP contribution in [0.3, 0.4) is 0 Å². The van der Waals surface area contributed by atoms with Gasteiger partial charge in [0.25, 0.3) is 5.91 Å². The minimum Gasteiger partial charge on any atom is -0.424 e. The topological polar surface area (TPSA) is 71.3 Å². The molecule has 0 unspecified atom stereocenters. The van der Waals surface area contributed by atoms with Crippen molar-refractivity contribution >= 4 is 5.91 Å². The molecule has 2 heterocycles. The molecule has 1 aliphatic rings. The Morgan fingerprint density at radius 1 is 1.22 bits per heavy atom. The standard InChI is InChI=1S/C17H22N4O2/c1-2-15-19-20-16(23-15)12-21-10-8-14(9-11-21)18-17(22)13-6-4-3-5-7-13/h3-7,14H,2,8-12H2,1H3,(H,18,22). The van der Waals surface area contributed by atoms with E-state index in [1.165, 1.54) is 0 Å². The number of carbonyl (C=O) groups excluding carboxylic acids is 1. The van der Waals surface area contributed by atoms with Gasteiger partial charge in [0.05, 0.1) is 6.54 Å². The van der Waals surface area contributed by atoms with E-state index in [-0.39, 0.29) is 11.9 Å². The minimum absolute atomic E-state index is 0.00791. The van der Waals surface area contributed by atoms with Crippen molar-refractivity contribution in [2.24, 2.45) is 0 Å². The first kappa shape index (κ1) is 15.7. The summed E-state index contributed by atoms with van der Waals surface area (Å²) in [6.45, 7) is 4.53. The molecule has 3 rings (SSSR count). The number of likely N-dealkylation sites (tertiary alicyclic amines) is 1. The lowest BCUT2D eigenvalue weighted by Gasteiger charge is -2.31. The SMILES string of the molecule is CCc1nnc(CN2CCC(NC(=O)c3ccccc3)CC2)o1. The van der Waals surface area contributed by atoms with Crippen molar-refractivity contribution in [1.29, 1.82) is 0 Å². The largest absolute Gasteiger partial charge is 0.424 e. The molecule has 2 aromatic rings. The Bertz CT molecular complexity index is 633. The van der Waals surface area contributed by atoms with Crippen molar-refractivity contribution in [2.45, 2.75) is 38.8 Å². The second-order valence-corrected chi connectivity index (χ2v) is 5.83. The third kappa shape index (κ3) is 4.16. The average molecular weight is 314 g/mol. The summed E-state index contributed by atoms with van der Waals surface area (Å²) in [5.74, 6) is 1.37. The number of hydrogen-bond donors (Lipinski definition) is 1. The lowest BCUT2D eigenvalue weighted by atomic mass is 10.0. The molecule has 0 saturated carbocycles. The van der Waals surface area contributed by atoms with Gasteiger partial charge in [-0.25, -0.2) is 0 Å². The average Bonchev–Trinajstić information content (AvgIpc) is 3.05. The number of nitrogens with zero attached hydrogens (tertiary/aromatic N) is 3. The van der Waals surface area contributed by atoms with E-state index in [1.54, 1.807) is 0 Å². The van der Waals surface area contributed by atoms with Gasteiger partial charge in [0.1, 0.15) is 0 Å². The molecule has 1 aromatic heterocycles. The monoisotopic (exact) mass is 314 g/mol. The Morgan fingerprint density at radius 3 is 2.57 bits per heavy atom. The number of rotatable bonds is 5. The van der Waals surface area contributed by atoms with Gasteiger partial charge in [-0.15, -0.1) is 10.2 Å². The number of aromatic nitrogens is 2. The van der Waals surface area contributed by atoms with Crippen LogP contribution in [0.2, 0.25) is 0 Å². The number of carbonyl (C=O) groups is 1. The summed E-state index contributed by atoms with van der Waals surface area (Å²) < 4.78 is 5.55. The van der Waals surface area contributed by atoms with Crippen LogP contribution in [0.15, 0.2) is 34.7 Å². The van der Waals surface area contributed by atoms with Gasteiger partial charge in [-0.3, -0.25) is 9.69 Å². The van der Waals surface area contributed by atoms with Gasteiger partial charge < -0.3 is 9.73 Å². The van der Waals surface area contributed by atoms with Crippen molar-refractivity contribution in [3.8, 4) is 0 Å². The Hall–Kier alpha value is -2.21. The fourth-order valence-corrected chi connectivity index (χ4v) is 2.78. The second kappa shape index (κ2) is 7.37. The van der Waals surface area contributed by atoms with E-state index in [9.17, 15) is 4.79 Å². The van der Waals surface area contributed by atoms with Crippen molar-refractivity contribution in [3.05, 3.63) is 47.7 Å². The zero-order valence-electron chi connectivity index (χ0n) is 13.4. The van der Waals surface area contributed by atoms with Crippen LogP contribution >= 0.6 is 0 Å². The van der Waals surface area contributed by atoms with Crippen molar-refractivity contribution in [2.75, 3.05) is 13.1 Å². The molecular weight excluding hydrogens is 292 g/mol. The summed E-state index contributed by atoms with van der Waals surface area (Å²) in [7, 11) is 0. The molecule has 122 valence electrons. The molecule has 0 spiro atoms. The molecule has 1 aromatic carbocycles. The van der Waals surface area contributed by atoms with E-state index in [1.807, 2.05) is 37.3 Å². The van der Waals surface area contributed by atoms with Crippen LogP contribution in [-0.2, 0) is 13.0 Å². The molecule has 1 aliphatic heterocycles. The van der Waals surface area contributed by atoms with Crippen molar-refractivity contribution < 1.29 is 9.21 Å². The first-order chi connectivity index (χ1) is 11.2. The fraction of sp³-hybridized carbons (Fsp3) is 0.471. The van der Waals surface area contributed by atoms with E-state index < -0.39 is 0 Å². The summed E-state index contributed by atoms with van der Waals surface area (Å²) in [5, 5.41) is 11.2. The highest BCUT2D eigenvalue weighted by atomic mass is 16.4. The molecule has 0 atom stereocenters. The third-order valence-electron chi connectivity index (χ3n) is 4.13. The van der Waals surface area contributed by atoms with Crippen LogP contribution in [0.5, 0.6) is 0 Å². The molecule has 0 radical (unpaired) electrons. The highest BCUT2D eigenvalue weighted by Gasteiger charge is 2.22. The van der Waals surface area contributed by atoms with Crippen LogP contribution in [0.25, 0.3) is 0 Å². The maximum Gasteiger partial charge on any atom is 0.251 e. The molecule has 6 nitrogen and oxygen atoms in total. The Morgan fingerprint density at radius 2 is 1.91 bits per heavy atom. The molecular formula is C17H22N4O2. The Balaban J connectivity index is 1.46. The van der Waals surface area contributed by atoms with Crippen LogP contribution in [-0.4, -0.2) is 40.1 Å². The number of aryl methyl sites for hydroxylation is 1. The zero-order chi connectivity index (χ0) is 16.1. The maximum absolute atomic E-state index is 12.2. The van der Waals surface area contributed by atoms with E-state index in [0.717, 1.165) is 32.4 Å². The van der Waals surface area contributed by atoms with Crippen LogP contribution in [0.4, 0.5) is 0 Å². The number of nitrogens with one attached hydrogen (secondary N) is 1. The predicted octanol–water partition coefficient (Wildman–Crippen LogP) is 2.03. The zero-order valence-corrected chi connectivity index (χ0v) is 13.4. The number of hydrogen-bond acceptors (Lipinski definition) is 5. The normalized spacial score (nSPS) is 16.4. The van der Waals surface area contributed by atoms with E-state index >= 15 is 0 Å². The molecule has 1 N–H and O–H groups in total. The molecule has 1 fully saturated rings. The maximum atomic E-state index is 12.2. The summed E-state index contributed by atoms with van der Waals surface area (Å²) in [6.07, 6.45) is 2.64. The lowest BCUT2D eigenvalue weighted by Crippen LogP contribution is -2.44. The fourth-order valence-electron chi connectivity index (χ4n) is 2.78. The predicted molar refractivity (Wildman–Crippen MR) is 85.9 cm³/mol. The second-order valence-electron chi connectivity index (χ2n) is 5.83. The highest BCUT2D eigenvalue weighted by Crippen LogP contribution is 2.14. The molecule has 1 saturated heterocycles. The van der Waals surface area contributed by atoms with E-state index in [4.69, 9.17) is 4.42 Å². The molecule has 0 bridgehead atoms. The number of benzene rings is 1. The minimum atomic E-state index is 0.00791. The number of piperidine rings is 1. The van der Waals surface area contributed by atoms with Gasteiger partial charge in [-0.1, -0.05) is 25.1 Å². The van der Waals surface area contributed by atoms with Crippen LogP contribution in [0.1, 0.15) is 41.9 Å². The number of amides is 1. The van der Waals surface area contributed by atoms with Gasteiger partial charge in [-0.05, 0) is 25.0 Å².